The van der Waals surface area contributed by atoms with Crippen LogP contribution in [0.5, 0.6) is 5.75 Å². The average molecular weight is 268 g/mol. The summed E-state index contributed by atoms with van der Waals surface area (Å²) in [6.45, 7) is 2.59. The molecule has 3 heteroatoms. The van der Waals surface area contributed by atoms with Crippen molar-refractivity contribution in [1.29, 1.82) is 0 Å². The number of rotatable bonds is 6. The van der Waals surface area contributed by atoms with E-state index in [0.717, 1.165) is 23.3 Å². The summed E-state index contributed by atoms with van der Waals surface area (Å²) in [5.74, 6) is 0.813. The second-order valence-electron chi connectivity index (χ2n) is 4.38. The van der Waals surface area contributed by atoms with E-state index in [9.17, 15) is 0 Å². The fraction of sp³-hybridized carbons (Fsp3) is 0.235. The van der Waals surface area contributed by atoms with E-state index in [1.165, 1.54) is 5.56 Å². The number of benzene rings is 2. The number of aryl methyl sites for hydroxylation is 1. The lowest BCUT2D eigenvalue weighted by molar-refractivity contribution is 0.132. The molecule has 0 saturated heterocycles. The predicted octanol–water partition coefficient (Wildman–Crippen LogP) is 3.69. The number of nitrogens with zero attached hydrogens (tertiary/aromatic N) is 1. The maximum Gasteiger partial charge on any atom is 0.142 e. The summed E-state index contributed by atoms with van der Waals surface area (Å²) in [6, 6.07) is 15.8. The SMILES string of the molecule is CCc1cccc(CO/N=[C]\c2ccc(OC)cc2)c1. The fourth-order valence-electron chi connectivity index (χ4n) is 1.80. The summed E-state index contributed by atoms with van der Waals surface area (Å²) in [6.07, 6.45) is 3.86. The average Bonchev–Trinajstić information content (AvgIpc) is 2.52. The third kappa shape index (κ3) is 4.12. The molecule has 0 aliphatic rings. The Morgan fingerprint density at radius 2 is 1.80 bits per heavy atom. The lowest BCUT2D eigenvalue weighted by Gasteiger charge is -2.02. The van der Waals surface area contributed by atoms with Gasteiger partial charge in [0.2, 0.25) is 0 Å². The molecule has 0 bridgehead atoms. The molecule has 0 spiro atoms. The summed E-state index contributed by atoms with van der Waals surface area (Å²) in [5, 5.41) is 3.86. The van der Waals surface area contributed by atoms with Crippen LogP contribution >= 0.6 is 0 Å². The van der Waals surface area contributed by atoms with E-state index >= 15 is 0 Å². The summed E-state index contributed by atoms with van der Waals surface area (Å²) in [5.41, 5.74) is 3.27. The van der Waals surface area contributed by atoms with Crippen LogP contribution in [-0.2, 0) is 17.9 Å². The second-order valence-corrected chi connectivity index (χ2v) is 4.38. The van der Waals surface area contributed by atoms with Gasteiger partial charge in [0, 0.05) is 5.56 Å². The van der Waals surface area contributed by atoms with Crippen LogP contribution in [0.1, 0.15) is 23.6 Å². The Hall–Kier alpha value is -2.29. The molecule has 2 aromatic carbocycles. The maximum absolute atomic E-state index is 5.26. The molecule has 0 fully saturated rings. The van der Waals surface area contributed by atoms with E-state index in [0.29, 0.717) is 6.61 Å². The Bertz CT molecular complexity index is 561. The van der Waals surface area contributed by atoms with Crippen LogP contribution in [0.25, 0.3) is 0 Å². The van der Waals surface area contributed by atoms with Gasteiger partial charge in [0.05, 0.1) is 7.11 Å². The molecule has 0 aromatic heterocycles. The summed E-state index contributed by atoms with van der Waals surface area (Å²) in [4.78, 5) is 5.26. The Labute approximate surface area is 119 Å². The summed E-state index contributed by atoms with van der Waals surface area (Å²) in [7, 11) is 1.64. The van der Waals surface area contributed by atoms with E-state index in [1.807, 2.05) is 36.4 Å². The minimum Gasteiger partial charge on any atom is -0.497 e. The topological polar surface area (TPSA) is 30.8 Å². The molecule has 103 valence electrons. The van der Waals surface area contributed by atoms with Crippen LogP contribution in [0.15, 0.2) is 53.7 Å². The van der Waals surface area contributed by atoms with Crippen molar-refractivity contribution in [3.63, 3.8) is 0 Å². The number of hydrogen-bond acceptors (Lipinski definition) is 3. The van der Waals surface area contributed by atoms with Crippen LogP contribution in [0.2, 0.25) is 0 Å². The van der Waals surface area contributed by atoms with E-state index in [-0.39, 0.29) is 0 Å². The Morgan fingerprint density at radius 1 is 1.05 bits per heavy atom. The smallest absolute Gasteiger partial charge is 0.142 e. The first-order valence-corrected chi connectivity index (χ1v) is 6.61. The van der Waals surface area contributed by atoms with Gasteiger partial charge in [-0.05, 0) is 41.8 Å². The van der Waals surface area contributed by atoms with Gasteiger partial charge in [-0.25, -0.2) is 0 Å². The highest BCUT2D eigenvalue weighted by atomic mass is 16.6. The first-order valence-electron chi connectivity index (χ1n) is 6.61. The number of ether oxygens (including phenoxy) is 1. The molecule has 0 amide bonds. The molecule has 0 saturated carbocycles. The van der Waals surface area contributed by atoms with Crippen LogP contribution in [0, 0.1) is 0 Å². The van der Waals surface area contributed by atoms with Crippen molar-refractivity contribution in [2.45, 2.75) is 20.0 Å². The largest absolute Gasteiger partial charge is 0.497 e. The van der Waals surface area contributed by atoms with Gasteiger partial charge >= 0.3 is 0 Å². The van der Waals surface area contributed by atoms with Crippen LogP contribution in [-0.4, -0.2) is 13.3 Å². The van der Waals surface area contributed by atoms with E-state index in [1.54, 1.807) is 7.11 Å². The summed E-state index contributed by atoms with van der Waals surface area (Å²) >= 11 is 0. The minimum absolute atomic E-state index is 0.455. The molecule has 1 radical (unpaired) electrons. The molecule has 0 heterocycles. The van der Waals surface area contributed by atoms with Gasteiger partial charge in [-0.2, -0.15) is 0 Å². The van der Waals surface area contributed by atoms with E-state index in [2.05, 4.69) is 30.4 Å². The lowest BCUT2D eigenvalue weighted by atomic mass is 10.1. The van der Waals surface area contributed by atoms with Crippen molar-refractivity contribution in [2.24, 2.45) is 5.16 Å². The predicted molar refractivity (Wildman–Crippen MR) is 80.1 cm³/mol. The Kier molecular flexibility index (Phi) is 5.18. The van der Waals surface area contributed by atoms with Crippen molar-refractivity contribution in [3.05, 3.63) is 65.2 Å². The van der Waals surface area contributed by atoms with Gasteiger partial charge in [-0.3, -0.25) is 0 Å². The highest BCUT2D eigenvalue weighted by molar-refractivity contribution is 5.79. The van der Waals surface area contributed by atoms with Crippen LogP contribution < -0.4 is 4.74 Å². The van der Waals surface area contributed by atoms with Gasteiger partial charge in [-0.15, -0.1) is 0 Å². The number of hydrogen-bond donors (Lipinski definition) is 0. The second kappa shape index (κ2) is 7.34. The van der Waals surface area contributed by atoms with Gasteiger partial charge in [0.1, 0.15) is 18.6 Å². The molecular formula is C17H18NO2. The first kappa shape index (κ1) is 14.1. The molecule has 20 heavy (non-hydrogen) atoms. The van der Waals surface area contributed by atoms with Gasteiger partial charge in [0.25, 0.3) is 0 Å². The highest BCUT2D eigenvalue weighted by Crippen LogP contribution is 2.10. The number of methoxy groups -OCH3 is 1. The molecule has 2 rings (SSSR count). The molecule has 3 nitrogen and oxygen atoms in total. The molecule has 2 aromatic rings. The lowest BCUT2D eigenvalue weighted by Crippen LogP contribution is -1.90. The van der Waals surface area contributed by atoms with Crippen molar-refractivity contribution < 1.29 is 9.57 Å². The summed E-state index contributed by atoms with van der Waals surface area (Å²) < 4.78 is 5.08. The third-order valence-corrected chi connectivity index (χ3v) is 2.96. The van der Waals surface area contributed by atoms with Gasteiger partial charge in [0.15, 0.2) is 0 Å². The van der Waals surface area contributed by atoms with Crippen molar-refractivity contribution in [2.75, 3.05) is 7.11 Å². The van der Waals surface area contributed by atoms with E-state index in [4.69, 9.17) is 9.57 Å². The van der Waals surface area contributed by atoms with Crippen molar-refractivity contribution in [3.8, 4) is 5.75 Å². The van der Waals surface area contributed by atoms with Gasteiger partial charge < -0.3 is 9.57 Å². The standard InChI is InChI=1S/C17H18NO2/c1-3-14-5-4-6-16(11-14)13-20-18-12-15-7-9-17(19-2)10-8-15/h4-11H,3,13H2,1-2H3. The molecule has 0 N–H and O–H groups in total. The first-order chi connectivity index (χ1) is 9.81. The third-order valence-electron chi connectivity index (χ3n) is 2.96. The fourth-order valence-corrected chi connectivity index (χ4v) is 1.80. The van der Waals surface area contributed by atoms with Crippen molar-refractivity contribution in [1.82, 2.24) is 0 Å². The molecule has 0 aliphatic carbocycles. The molecular weight excluding hydrogens is 250 g/mol. The maximum atomic E-state index is 5.26. The monoisotopic (exact) mass is 268 g/mol. The molecule has 0 atom stereocenters. The Morgan fingerprint density at radius 3 is 2.50 bits per heavy atom. The van der Waals surface area contributed by atoms with E-state index < -0.39 is 0 Å². The zero-order chi connectivity index (χ0) is 14.2. The minimum atomic E-state index is 0.455. The highest BCUT2D eigenvalue weighted by Gasteiger charge is 1.95. The zero-order valence-electron chi connectivity index (χ0n) is 11.8. The van der Waals surface area contributed by atoms with Crippen molar-refractivity contribution >= 4 is 6.21 Å². The van der Waals surface area contributed by atoms with Crippen LogP contribution in [0.4, 0.5) is 0 Å². The Balaban J connectivity index is 1.86. The molecule has 0 aliphatic heterocycles. The van der Waals surface area contributed by atoms with Gasteiger partial charge in [-0.1, -0.05) is 36.3 Å². The quantitative estimate of drug-likeness (QED) is 0.591. The molecule has 0 unspecified atom stereocenters. The van der Waals surface area contributed by atoms with Crippen LogP contribution in [0.3, 0.4) is 0 Å². The zero-order valence-corrected chi connectivity index (χ0v) is 11.8. The normalized spacial score (nSPS) is 10.7.